The van der Waals surface area contributed by atoms with Crippen LogP contribution in [0.5, 0.6) is 0 Å². The molecule has 4 rings (SSSR count). The second kappa shape index (κ2) is 9.68. The average molecular weight is 433 g/mol. The third kappa shape index (κ3) is 5.44. The zero-order valence-corrected chi connectivity index (χ0v) is 17.6. The monoisotopic (exact) mass is 432 g/mol. The number of morpholine rings is 1. The maximum absolute atomic E-state index is 13.1. The Morgan fingerprint density at radius 2 is 1.57 bits per heavy atom. The quantitative estimate of drug-likeness (QED) is 0.747. The number of halogens is 2. The molecule has 5 nitrogen and oxygen atoms in total. The molecule has 0 saturated carbocycles. The van der Waals surface area contributed by atoms with E-state index in [0.717, 1.165) is 57.2 Å². The fourth-order valence-corrected chi connectivity index (χ4v) is 4.16. The van der Waals surface area contributed by atoms with Crippen molar-refractivity contribution in [3.63, 3.8) is 0 Å². The van der Waals surface area contributed by atoms with Crippen LogP contribution in [0.25, 0.3) is 0 Å². The molecule has 160 valence electrons. The predicted octanol–water partition coefficient (Wildman–Crippen LogP) is 3.18. The van der Waals surface area contributed by atoms with E-state index in [2.05, 4.69) is 20.0 Å². The largest absolute Gasteiger partial charge is 0.373 e. The van der Waals surface area contributed by atoms with Crippen LogP contribution in [-0.2, 0) is 4.74 Å². The fourth-order valence-electron chi connectivity index (χ4n) is 3.88. The van der Waals surface area contributed by atoms with Crippen molar-refractivity contribution in [2.24, 2.45) is 0 Å². The maximum atomic E-state index is 13.1. The van der Waals surface area contributed by atoms with Gasteiger partial charge in [0.25, 0.3) is 0 Å². The summed E-state index contributed by atoms with van der Waals surface area (Å²) in [4.78, 5) is 6.80. The number of nitrogens with one attached hydrogen (secondary N) is 1. The summed E-state index contributed by atoms with van der Waals surface area (Å²) in [6.07, 6.45) is 0.0871. The molecule has 0 bridgehead atoms. The Bertz CT molecular complexity index is 841. The number of hydrogen-bond donors (Lipinski definition) is 1. The van der Waals surface area contributed by atoms with E-state index in [0.29, 0.717) is 11.7 Å². The Balaban J connectivity index is 1.24. The molecule has 2 saturated heterocycles. The molecule has 2 heterocycles. The minimum absolute atomic E-state index is 0.0871. The summed E-state index contributed by atoms with van der Waals surface area (Å²) in [5, 5.41) is 3.81. The van der Waals surface area contributed by atoms with Crippen LogP contribution < -0.4 is 10.2 Å². The molecule has 0 aromatic heterocycles. The highest BCUT2D eigenvalue weighted by Crippen LogP contribution is 2.18. The lowest BCUT2D eigenvalue weighted by Crippen LogP contribution is -2.54. The summed E-state index contributed by atoms with van der Waals surface area (Å²) >= 11 is 5.54. The van der Waals surface area contributed by atoms with E-state index < -0.39 is 0 Å². The van der Waals surface area contributed by atoms with E-state index in [4.69, 9.17) is 17.0 Å². The van der Waals surface area contributed by atoms with Crippen LogP contribution in [0.3, 0.4) is 0 Å². The zero-order valence-electron chi connectivity index (χ0n) is 16.8. The summed E-state index contributed by atoms with van der Waals surface area (Å²) in [6, 6.07) is 12.9. The van der Waals surface area contributed by atoms with E-state index in [1.807, 2.05) is 12.1 Å². The molecule has 8 heteroatoms. The average Bonchev–Trinajstić information content (AvgIpc) is 2.77. The van der Waals surface area contributed by atoms with Crippen LogP contribution in [0.15, 0.2) is 48.5 Å². The minimum Gasteiger partial charge on any atom is -0.373 e. The molecule has 0 radical (unpaired) electrons. The fraction of sp³-hybridized carbons (Fsp3) is 0.409. The summed E-state index contributed by atoms with van der Waals surface area (Å²) in [7, 11) is 0. The van der Waals surface area contributed by atoms with E-state index in [-0.39, 0.29) is 17.7 Å². The number of ether oxygens (including phenoxy) is 1. The molecule has 0 unspecified atom stereocenters. The standard InChI is InChI=1S/C22H26F2N4OS/c23-17-1-5-19(6-2-17)25-22(30)28-13-14-29-21(16-28)15-26-9-11-27(12-10-26)20-7-3-18(24)4-8-20/h1-8,21H,9-16H2,(H,25,30)/t21-/m0/s1. The topological polar surface area (TPSA) is 31.0 Å². The van der Waals surface area contributed by atoms with Gasteiger partial charge in [0, 0.05) is 57.2 Å². The third-order valence-corrected chi connectivity index (χ3v) is 5.91. The molecule has 2 fully saturated rings. The first-order chi connectivity index (χ1) is 14.6. The molecule has 1 atom stereocenters. The summed E-state index contributed by atoms with van der Waals surface area (Å²) in [5.74, 6) is -0.472. The zero-order chi connectivity index (χ0) is 20.9. The predicted molar refractivity (Wildman–Crippen MR) is 119 cm³/mol. The highest BCUT2D eigenvalue weighted by molar-refractivity contribution is 7.80. The molecule has 2 aliphatic rings. The number of nitrogens with zero attached hydrogens (tertiary/aromatic N) is 3. The third-order valence-electron chi connectivity index (χ3n) is 5.55. The smallest absolute Gasteiger partial charge is 0.173 e. The van der Waals surface area contributed by atoms with Crippen molar-refractivity contribution < 1.29 is 13.5 Å². The Kier molecular flexibility index (Phi) is 6.76. The van der Waals surface area contributed by atoms with Crippen LogP contribution in [0.2, 0.25) is 0 Å². The van der Waals surface area contributed by atoms with Gasteiger partial charge in [-0.1, -0.05) is 0 Å². The second-order valence-electron chi connectivity index (χ2n) is 7.64. The minimum atomic E-state index is -0.266. The van der Waals surface area contributed by atoms with E-state index in [9.17, 15) is 8.78 Å². The van der Waals surface area contributed by atoms with E-state index in [1.54, 1.807) is 12.1 Å². The molecule has 0 spiro atoms. The van der Waals surface area contributed by atoms with E-state index >= 15 is 0 Å². The van der Waals surface area contributed by atoms with Crippen molar-refractivity contribution in [2.45, 2.75) is 6.10 Å². The van der Waals surface area contributed by atoms with Crippen molar-refractivity contribution in [2.75, 3.05) is 62.6 Å². The number of rotatable bonds is 4. The van der Waals surface area contributed by atoms with Crippen molar-refractivity contribution >= 4 is 28.7 Å². The van der Waals surface area contributed by atoms with Gasteiger partial charge in [0.2, 0.25) is 0 Å². The highest BCUT2D eigenvalue weighted by atomic mass is 32.1. The van der Waals surface area contributed by atoms with Gasteiger partial charge in [-0.2, -0.15) is 0 Å². The van der Waals surface area contributed by atoms with Gasteiger partial charge in [-0.3, -0.25) is 4.90 Å². The summed E-state index contributed by atoms with van der Waals surface area (Å²) in [5.41, 5.74) is 1.84. The van der Waals surface area contributed by atoms with Crippen molar-refractivity contribution in [1.29, 1.82) is 0 Å². The van der Waals surface area contributed by atoms with Crippen molar-refractivity contribution in [1.82, 2.24) is 9.80 Å². The molecule has 2 aromatic rings. The Labute approximate surface area is 181 Å². The van der Waals surface area contributed by atoms with Gasteiger partial charge in [0.1, 0.15) is 11.6 Å². The molecule has 30 heavy (non-hydrogen) atoms. The Morgan fingerprint density at radius 1 is 0.933 bits per heavy atom. The van der Waals surface area contributed by atoms with Crippen LogP contribution in [0.4, 0.5) is 20.2 Å². The van der Waals surface area contributed by atoms with Gasteiger partial charge in [-0.05, 0) is 60.7 Å². The Hall–Kier alpha value is -2.29. The number of thiocarbonyl (C=S) groups is 1. The molecule has 2 aromatic carbocycles. The van der Waals surface area contributed by atoms with Crippen molar-refractivity contribution in [3.8, 4) is 0 Å². The first kappa shape index (κ1) is 21.0. The van der Waals surface area contributed by atoms with Gasteiger partial charge < -0.3 is 19.9 Å². The number of piperazine rings is 1. The molecule has 2 aliphatic heterocycles. The molecule has 1 N–H and O–H groups in total. The van der Waals surface area contributed by atoms with Crippen molar-refractivity contribution in [3.05, 3.63) is 60.2 Å². The highest BCUT2D eigenvalue weighted by Gasteiger charge is 2.26. The Morgan fingerprint density at radius 3 is 2.23 bits per heavy atom. The van der Waals surface area contributed by atoms with Gasteiger partial charge in [0.15, 0.2) is 5.11 Å². The molecule has 0 amide bonds. The number of hydrogen-bond acceptors (Lipinski definition) is 4. The number of benzene rings is 2. The summed E-state index contributed by atoms with van der Waals surface area (Å²) < 4.78 is 32.2. The molecule has 0 aliphatic carbocycles. The lowest BCUT2D eigenvalue weighted by Gasteiger charge is -2.40. The van der Waals surface area contributed by atoms with Crippen LogP contribution >= 0.6 is 12.2 Å². The lowest BCUT2D eigenvalue weighted by molar-refractivity contribution is -0.0236. The number of anilines is 2. The first-order valence-corrected chi connectivity index (χ1v) is 10.6. The van der Waals surface area contributed by atoms with E-state index in [1.165, 1.54) is 24.3 Å². The first-order valence-electron chi connectivity index (χ1n) is 10.2. The second-order valence-corrected chi connectivity index (χ2v) is 8.03. The molecular weight excluding hydrogens is 406 g/mol. The van der Waals surface area contributed by atoms with Crippen LogP contribution in [0.1, 0.15) is 0 Å². The van der Waals surface area contributed by atoms with Crippen LogP contribution in [0, 0.1) is 11.6 Å². The van der Waals surface area contributed by atoms with Gasteiger partial charge in [-0.15, -0.1) is 0 Å². The van der Waals surface area contributed by atoms with Crippen LogP contribution in [-0.4, -0.2) is 73.4 Å². The van der Waals surface area contributed by atoms with Gasteiger partial charge in [0.05, 0.1) is 12.7 Å². The van der Waals surface area contributed by atoms with Gasteiger partial charge in [-0.25, -0.2) is 8.78 Å². The summed E-state index contributed by atoms with van der Waals surface area (Å²) in [6.45, 7) is 6.65. The SMILES string of the molecule is Fc1ccc(NC(=S)N2CCO[C@@H](CN3CCN(c4ccc(F)cc4)CC3)C2)cc1. The lowest BCUT2D eigenvalue weighted by atomic mass is 10.2. The normalized spacial score (nSPS) is 20.3. The molecular formula is C22H26F2N4OS. The maximum Gasteiger partial charge on any atom is 0.173 e. The van der Waals surface area contributed by atoms with Gasteiger partial charge >= 0.3 is 0 Å².